The third-order valence-corrected chi connectivity index (χ3v) is 3.56. The lowest BCUT2D eigenvalue weighted by molar-refractivity contribution is 0.747. The molecule has 0 unspecified atom stereocenters. The second-order valence-corrected chi connectivity index (χ2v) is 5.26. The number of pyridine rings is 2. The van der Waals surface area contributed by atoms with Crippen LogP contribution in [-0.4, -0.2) is 34.5 Å². The van der Waals surface area contributed by atoms with Crippen molar-refractivity contribution < 1.29 is 0 Å². The van der Waals surface area contributed by atoms with Gasteiger partial charge in [0.2, 0.25) is 0 Å². The van der Waals surface area contributed by atoms with E-state index in [1.54, 1.807) is 48.6 Å². The molecule has 0 spiro atoms. The third-order valence-electron chi connectivity index (χ3n) is 3.56. The van der Waals surface area contributed by atoms with Gasteiger partial charge in [0, 0.05) is 13.2 Å². The van der Waals surface area contributed by atoms with Gasteiger partial charge in [0.25, 0.3) is 5.56 Å². The minimum atomic E-state index is -0.191. The highest BCUT2D eigenvalue weighted by atomic mass is 16.1. The maximum atomic E-state index is 12.7. The lowest BCUT2D eigenvalue weighted by atomic mass is 10.3. The number of nitrogens with one attached hydrogen (secondary N) is 2. The molecule has 24 heavy (non-hydrogen) atoms. The maximum absolute atomic E-state index is 12.7. The first-order valence-corrected chi connectivity index (χ1v) is 7.31. The Balaban J connectivity index is 1.65. The van der Waals surface area contributed by atoms with E-state index >= 15 is 0 Å². The molecule has 120 valence electrons. The quantitative estimate of drug-likeness (QED) is 0.577. The van der Waals surface area contributed by atoms with Crippen molar-refractivity contribution in [1.82, 2.24) is 34.5 Å². The number of aromatic amines is 1. The van der Waals surface area contributed by atoms with Crippen LogP contribution in [-0.2, 0) is 13.6 Å². The van der Waals surface area contributed by atoms with Gasteiger partial charge in [-0.3, -0.25) is 19.1 Å². The molecule has 0 aliphatic heterocycles. The summed E-state index contributed by atoms with van der Waals surface area (Å²) in [7, 11) is 1.80. The Morgan fingerprint density at radius 1 is 1.29 bits per heavy atom. The molecule has 0 saturated heterocycles. The van der Waals surface area contributed by atoms with E-state index in [0.717, 1.165) is 5.52 Å². The molecular weight excluding hydrogens is 308 g/mol. The van der Waals surface area contributed by atoms with Crippen molar-refractivity contribution in [1.29, 1.82) is 0 Å². The number of rotatable bonds is 4. The van der Waals surface area contributed by atoms with E-state index in [1.165, 1.54) is 4.57 Å². The predicted octanol–water partition coefficient (Wildman–Crippen LogP) is 0.849. The lowest BCUT2D eigenvalue weighted by Crippen LogP contribution is -2.22. The number of anilines is 1. The molecule has 2 N–H and O–H groups in total. The van der Waals surface area contributed by atoms with Crippen molar-refractivity contribution in [2.75, 3.05) is 5.32 Å². The highest BCUT2D eigenvalue weighted by molar-refractivity contribution is 5.74. The molecule has 4 aromatic rings. The molecule has 0 atom stereocenters. The molecule has 0 aliphatic carbocycles. The van der Waals surface area contributed by atoms with Gasteiger partial charge in [-0.05, 0) is 24.3 Å². The van der Waals surface area contributed by atoms with Crippen LogP contribution in [0.25, 0.3) is 16.9 Å². The van der Waals surface area contributed by atoms with E-state index in [1.807, 2.05) is 6.07 Å². The normalized spacial score (nSPS) is 11.0. The fraction of sp³-hybridized carbons (Fsp3) is 0.133. The van der Waals surface area contributed by atoms with Crippen LogP contribution < -0.4 is 10.9 Å². The summed E-state index contributed by atoms with van der Waals surface area (Å²) >= 11 is 0. The molecule has 4 heterocycles. The smallest absolute Gasteiger partial charge is 0.279 e. The molecule has 0 bridgehead atoms. The summed E-state index contributed by atoms with van der Waals surface area (Å²) in [5.74, 6) is 1.15. The number of aromatic nitrogens is 7. The van der Waals surface area contributed by atoms with Crippen LogP contribution in [0.3, 0.4) is 0 Å². The van der Waals surface area contributed by atoms with Crippen LogP contribution in [0.2, 0.25) is 0 Å². The summed E-state index contributed by atoms with van der Waals surface area (Å²) in [6, 6.07) is 7.12. The monoisotopic (exact) mass is 322 g/mol. The Morgan fingerprint density at radius 2 is 2.21 bits per heavy atom. The largest absolute Gasteiger partial charge is 0.373 e. The average Bonchev–Trinajstić information content (AvgIpc) is 3.22. The highest BCUT2D eigenvalue weighted by Crippen LogP contribution is 2.11. The molecular formula is C15H14N8O. The minimum absolute atomic E-state index is 0.191. The van der Waals surface area contributed by atoms with Gasteiger partial charge >= 0.3 is 0 Å². The Morgan fingerprint density at radius 3 is 3.04 bits per heavy atom. The van der Waals surface area contributed by atoms with Crippen LogP contribution in [0.1, 0.15) is 5.82 Å². The van der Waals surface area contributed by atoms with Crippen LogP contribution >= 0.6 is 0 Å². The minimum Gasteiger partial charge on any atom is -0.373 e. The van der Waals surface area contributed by atoms with Gasteiger partial charge in [-0.25, -0.2) is 9.97 Å². The second kappa shape index (κ2) is 5.61. The number of H-pyrrole nitrogens is 1. The maximum Gasteiger partial charge on any atom is 0.279 e. The van der Waals surface area contributed by atoms with E-state index < -0.39 is 0 Å². The Hall–Kier alpha value is -3.49. The van der Waals surface area contributed by atoms with E-state index in [-0.39, 0.29) is 5.56 Å². The standard InChI is InChI=1S/C15H14N8O/c1-22-9-17-13(21-22)8-16-11-3-2-6-23(15(11)24)14-5-4-10-12(19-14)7-18-20-10/h2-7,9,16H,8H2,1H3,(H,18,20). The van der Waals surface area contributed by atoms with Crippen molar-refractivity contribution in [2.24, 2.45) is 7.05 Å². The first-order chi connectivity index (χ1) is 11.7. The zero-order valence-electron chi connectivity index (χ0n) is 12.8. The van der Waals surface area contributed by atoms with Crippen LogP contribution in [0.15, 0.2) is 47.8 Å². The number of nitrogens with zero attached hydrogens (tertiary/aromatic N) is 6. The van der Waals surface area contributed by atoms with Crippen molar-refractivity contribution in [2.45, 2.75) is 6.54 Å². The molecule has 4 aromatic heterocycles. The molecule has 0 radical (unpaired) electrons. The summed E-state index contributed by atoms with van der Waals surface area (Å²) in [5, 5.41) is 14.0. The zero-order chi connectivity index (χ0) is 16.5. The Kier molecular flexibility index (Phi) is 3.30. The number of hydrogen-bond acceptors (Lipinski definition) is 6. The number of aryl methyl sites for hydroxylation is 1. The van der Waals surface area contributed by atoms with Crippen molar-refractivity contribution in [3.63, 3.8) is 0 Å². The fourth-order valence-corrected chi connectivity index (χ4v) is 2.40. The first kappa shape index (κ1) is 14.1. The molecule has 0 saturated carbocycles. The van der Waals surface area contributed by atoms with E-state index in [4.69, 9.17) is 0 Å². The van der Waals surface area contributed by atoms with Crippen LogP contribution in [0.5, 0.6) is 0 Å². The second-order valence-electron chi connectivity index (χ2n) is 5.26. The number of hydrogen-bond donors (Lipinski definition) is 2. The number of fused-ring (bicyclic) bond motifs is 1. The topological polar surface area (TPSA) is 106 Å². The summed E-state index contributed by atoms with van der Waals surface area (Å²) in [5.41, 5.74) is 1.79. The Labute approximate surface area is 136 Å². The van der Waals surface area contributed by atoms with Gasteiger partial charge in [0.15, 0.2) is 5.82 Å². The average molecular weight is 322 g/mol. The van der Waals surface area contributed by atoms with E-state index in [9.17, 15) is 4.79 Å². The summed E-state index contributed by atoms with van der Waals surface area (Å²) in [4.78, 5) is 21.2. The fourth-order valence-electron chi connectivity index (χ4n) is 2.40. The van der Waals surface area contributed by atoms with Crippen LogP contribution in [0, 0.1) is 0 Å². The molecule has 0 amide bonds. The summed E-state index contributed by atoms with van der Waals surface area (Å²) in [6.45, 7) is 0.369. The SMILES string of the molecule is Cn1cnc(CNc2cccn(-c3ccc4[nH]ncc4n3)c2=O)n1. The van der Waals surface area contributed by atoms with Gasteiger partial charge in [0.05, 0.1) is 18.3 Å². The first-order valence-electron chi connectivity index (χ1n) is 7.31. The lowest BCUT2D eigenvalue weighted by Gasteiger charge is -2.08. The van der Waals surface area contributed by atoms with Crippen LogP contribution in [0.4, 0.5) is 5.69 Å². The zero-order valence-corrected chi connectivity index (χ0v) is 12.8. The molecule has 9 heteroatoms. The molecule has 4 rings (SSSR count). The predicted molar refractivity (Wildman–Crippen MR) is 87.8 cm³/mol. The highest BCUT2D eigenvalue weighted by Gasteiger charge is 2.08. The van der Waals surface area contributed by atoms with Crippen molar-refractivity contribution in [3.8, 4) is 5.82 Å². The van der Waals surface area contributed by atoms with Gasteiger partial charge in [-0.1, -0.05) is 0 Å². The third kappa shape index (κ3) is 2.51. The Bertz CT molecular complexity index is 1060. The van der Waals surface area contributed by atoms with Gasteiger partial charge in [-0.15, -0.1) is 0 Å². The van der Waals surface area contributed by atoms with E-state index in [0.29, 0.717) is 29.4 Å². The van der Waals surface area contributed by atoms with Gasteiger partial charge in [-0.2, -0.15) is 10.2 Å². The van der Waals surface area contributed by atoms with Crippen molar-refractivity contribution >= 4 is 16.7 Å². The van der Waals surface area contributed by atoms with Gasteiger partial charge in [0.1, 0.15) is 23.3 Å². The summed E-state index contributed by atoms with van der Waals surface area (Å²) < 4.78 is 3.10. The molecule has 0 aliphatic rings. The van der Waals surface area contributed by atoms with E-state index in [2.05, 4.69) is 30.6 Å². The molecule has 0 aromatic carbocycles. The molecule has 0 fully saturated rings. The molecule has 9 nitrogen and oxygen atoms in total. The summed E-state index contributed by atoms with van der Waals surface area (Å²) in [6.07, 6.45) is 4.92. The van der Waals surface area contributed by atoms with Crippen molar-refractivity contribution in [3.05, 3.63) is 59.2 Å². The van der Waals surface area contributed by atoms with Gasteiger partial charge < -0.3 is 5.32 Å².